The normalized spacial score (nSPS) is 11.9. The van der Waals surface area contributed by atoms with Crippen LogP contribution in [-0.4, -0.2) is 28.2 Å². The topological polar surface area (TPSA) is 103 Å². The van der Waals surface area contributed by atoms with Crippen LogP contribution in [-0.2, 0) is 22.7 Å². The number of benzene rings is 3. The van der Waals surface area contributed by atoms with Gasteiger partial charge in [0.1, 0.15) is 12.4 Å². The molecular formula is C26H21FN4O5. The van der Waals surface area contributed by atoms with Crippen molar-refractivity contribution in [3.63, 3.8) is 0 Å². The molecule has 0 bridgehead atoms. The lowest BCUT2D eigenvalue weighted by Gasteiger charge is -2.21. The molecule has 1 aliphatic heterocycles. The molecular weight excluding hydrogens is 467 g/mol. The third-order valence-electron chi connectivity index (χ3n) is 5.68. The second-order valence-corrected chi connectivity index (χ2v) is 8.16. The molecule has 1 N–H and O–H groups in total. The van der Waals surface area contributed by atoms with Crippen LogP contribution < -0.4 is 25.2 Å². The van der Waals surface area contributed by atoms with Gasteiger partial charge in [-0.25, -0.2) is 9.37 Å². The number of para-hydroxylation sites is 2. The molecule has 0 spiro atoms. The zero-order chi connectivity index (χ0) is 25.2. The van der Waals surface area contributed by atoms with Crippen LogP contribution in [0.2, 0.25) is 0 Å². The predicted molar refractivity (Wildman–Crippen MR) is 130 cm³/mol. The Labute approximate surface area is 204 Å². The lowest BCUT2D eigenvalue weighted by Crippen LogP contribution is -2.38. The lowest BCUT2D eigenvalue weighted by molar-refractivity contribution is -0.117. The summed E-state index contributed by atoms with van der Waals surface area (Å²) in [5, 5.41) is 2.76. The highest BCUT2D eigenvalue weighted by Gasteiger charge is 2.22. The summed E-state index contributed by atoms with van der Waals surface area (Å²) in [6.45, 7) is 1.13. The molecule has 0 radical (unpaired) electrons. The number of nitrogens with one attached hydrogen (secondary N) is 1. The Morgan fingerprint density at radius 2 is 1.81 bits per heavy atom. The van der Waals surface area contributed by atoms with Gasteiger partial charge in [-0.15, -0.1) is 0 Å². The van der Waals surface area contributed by atoms with Crippen molar-refractivity contribution in [2.24, 2.45) is 0 Å². The van der Waals surface area contributed by atoms with Gasteiger partial charge in [0.05, 0.1) is 17.6 Å². The third kappa shape index (κ3) is 4.61. The first kappa shape index (κ1) is 23.0. The number of ether oxygens (including phenoxy) is 2. The number of hydrogen-bond donors (Lipinski definition) is 1. The van der Waals surface area contributed by atoms with Crippen LogP contribution >= 0.6 is 0 Å². The second kappa shape index (κ2) is 9.49. The number of rotatable bonds is 6. The highest BCUT2D eigenvalue weighted by molar-refractivity contribution is 5.93. The Morgan fingerprint density at radius 3 is 2.58 bits per heavy atom. The number of halogens is 1. The smallest absolute Gasteiger partial charge is 0.294 e. The number of nitrogens with zero attached hydrogens (tertiary/aromatic N) is 3. The minimum Gasteiger partial charge on any atom is -0.454 e. The van der Waals surface area contributed by atoms with Crippen molar-refractivity contribution in [2.75, 3.05) is 17.0 Å². The van der Waals surface area contributed by atoms with Gasteiger partial charge in [-0.05, 0) is 42.0 Å². The zero-order valence-electron chi connectivity index (χ0n) is 19.2. The molecule has 1 aliphatic rings. The van der Waals surface area contributed by atoms with Crippen LogP contribution in [0.1, 0.15) is 12.5 Å². The Bertz CT molecular complexity index is 1530. The van der Waals surface area contributed by atoms with E-state index in [-0.39, 0.29) is 25.7 Å². The molecule has 0 fully saturated rings. The maximum absolute atomic E-state index is 13.5. The molecule has 0 atom stereocenters. The van der Waals surface area contributed by atoms with E-state index in [1.807, 2.05) is 0 Å². The summed E-state index contributed by atoms with van der Waals surface area (Å²) in [4.78, 5) is 44.7. The average molecular weight is 488 g/mol. The summed E-state index contributed by atoms with van der Waals surface area (Å²) in [6.07, 6.45) is 0. The number of aromatic nitrogens is 2. The van der Waals surface area contributed by atoms with Crippen molar-refractivity contribution in [1.82, 2.24) is 9.55 Å². The fourth-order valence-corrected chi connectivity index (χ4v) is 3.94. The fraction of sp³-hybridized carbons (Fsp3) is 0.154. The van der Waals surface area contributed by atoms with Crippen LogP contribution in [0, 0.1) is 5.82 Å². The van der Waals surface area contributed by atoms with Crippen molar-refractivity contribution in [3.8, 4) is 11.5 Å². The molecule has 5 rings (SSSR count). The lowest BCUT2D eigenvalue weighted by atomic mass is 10.2. The molecule has 3 aromatic carbocycles. The van der Waals surface area contributed by atoms with E-state index in [2.05, 4.69) is 10.3 Å². The molecule has 36 heavy (non-hydrogen) atoms. The fourth-order valence-electron chi connectivity index (χ4n) is 3.94. The van der Waals surface area contributed by atoms with Gasteiger partial charge in [0, 0.05) is 18.7 Å². The number of carbonyl (C=O) groups excluding carboxylic acids is 2. The number of amides is 2. The summed E-state index contributed by atoms with van der Waals surface area (Å²) >= 11 is 0. The quantitative estimate of drug-likeness (QED) is 0.446. The van der Waals surface area contributed by atoms with E-state index in [1.54, 1.807) is 42.5 Å². The first-order valence-corrected chi connectivity index (χ1v) is 11.1. The van der Waals surface area contributed by atoms with E-state index in [0.717, 1.165) is 0 Å². The van der Waals surface area contributed by atoms with Gasteiger partial charge in [0.25, 0.3) is 5.56 Å². The van der Waals surface area contributed by atoms with Crippen molar-refractivity contribution >= 4 is 34.4 Å². The number of hydrogen-bond acceptors (Lipinski definition) is 6. The van der Waals surface area contributed by atoms with E-state index in [9.17, 15) is 18.8 Å². The van der Waals surface area contributed by atoms with Gasteiger partial charge < -0.3 is 14.8 Å². The van der Waals surface area contributed by atoms with Crippen LogP contribution in [0.4, 0.5) is 15.9 Å². The molecule has 182 valence electrons. The Kier molecular flexibility index (Phi) is 6.07. The highest BCUT2D eigenvalue weighted by atomic mass is 19.1. The average Bonchev–Trinajstić information content (AvgIpc) is 3.33. The summed E-state index contributed by atoms with van der Waals surface area (Å²) < 4.78 is 25.2. The molecule has 0 saturated heterocycles. The van der Waals surface area contributed by atoms with E-state index in [4.69, 9.17) is 9.47 Å². The Morgan fingerprint density at radius 1 is 1.06 bits per heavy atom. The molecule has 0 unspecified atom stereocenters. The number of fused-ring (bicyclic) bond motifs is 2. The van der Waals surface area contributed by atoms with Crippen molar-refractivity contribution in [3.05, 3.63) is 88.5 Å². The van der Waals surface area contributed by atoms with Gasteiger partial charge in [0.15, 0.2) is 11.5 Å². The largest absolute Gasteiger partial charge is 0.454 e. The number of anilines is 2. The van der Waals surface area contributed by atoms with Crippen molar-refractivity contribution in [2.45, 2.75) is 20.0 Å². The SMILES string of the molecule is CC(=O)N(Cc1ccc(F)cc1)c1nc2ccccc2n(CC(=O)Nc2ccc3c(c2)OCO3)c1=O. The van der Waals surface area contributed by atoms with Crippen molar-refractivity contribution < 1.29 is 23.5 Å². The first-order chi connectivity index (χ1) is 17.4. The summed E-state index contributed by atoms with van der Waals surface area (Å²) in [5.74, 6) is -0.310. The molecule has 9 nitrogen and oxygen atoms in total. The van der Waals surface area contributed by atoms with Crippen LogP contribution in [0.5, 0.6) is 11.5 Å². The van der Waals surface area contributed by atoms with Gasteiger partial charge >= 0.3 is 0 Å². The Balaban J connectivity index is 1.49. The molecule has 2 heterocycles. The van der Waals surface area contributed by atoms with Crippen LogP contribution in [0.15, 0.2) is 71.5 Å². The van der Waals surface area contributed by atoms with E-state index in [0.29, 0.717) is 33.8 Å². The standard InChI is InChI=1S/C26H21FN4O5/c1-16(32)30(13-17-6-8-18(27)9-7-17)25-26(34)31(21-5-3-2-4-20(21)29-25)14-24(33)28-19-10-11-22-23(12-19)36-15-35-22/h2-12H,13-15H2,1H3,(H,28,33). The molecule has 4 aromatic rings. The van der Waals surface area contributed by atoms with Gasteiger partial charge in [-0.1, -0.05) is 24.3 Å². The van der Waals surface area contributed by atoms with Crippen LogP contribution in [0.25, 0.3) is 11.0 Å². The highest BCUT2D eigenvalue weighted by Crippen LogP contribution is 2.34. The predicted octanol–water partition coefficient (Wildman–Crippen LogP) is 3.46. The van der Waals surface area contributed by atoms with Gasteiger partial charge in [-0.2, -0.15) is 0 Å². The van der Waals surface area contributed by atoms with Crippen molar-refractivity contribution in [1.29, 1.82) is 0 Å². The number of carbonyl (C=O) groups is 2. The maximum Gasteiger partial charge on any atom is 0.294 e. The third-order valence-corrected chi connectivity index (χ3v) is 5.68. The Hall–Kier alpha value is -4.73. The zero-order valence-corrected chi connectivity index (χ0v) is 19.2. The summed E-state index contributed by atoms with van der Waals surface area (Å²) in [5.41, 5.74) is 1.38. The van der Waals surface area contributed by atoms with Gasteiger partial charge in [-0.3, -0.25) is 23.9 Å². The molecule has 1 aromatic heterocycles. The summed E-state index contributed by atoms with van der Waals surface area (Å²) in [7, 11) is 0. The van der Waals surface area contributed by atoms with E-state index >= 15 is 0 Å². The van der Waals surface area contributed by atoms with Crippen LogP contribution in [0.3, 0.4) is 0 Å². The first-order valence-electron chi connectivity index (χ1n) is 11.1. The van der Waals surface area contributed by atoms with E-state index < -0.39 is 23.2 Å². The molecule has 0 saturated carbocycles. The molecule has 10 heteroatoms. The molecule has 0 aliphatic carbocycles. The minimum absolute atomic E-state index is 0.0135. The maximum atomic E-state index is 13.5. The summed E-state index contributed by atoms with van der Waals surface area (Å²) in [6, 6.07) is 17.5. The van der Waals surface area contributed by atoms with Gasteiger partial charge in [0.2, 0.25) is 24.4 Å². The molecule has 2 amide bonds. The second-order valence-electron chi connectivity index (χ2n) is 8.16. The van der Waals surface area contributed by atoms with E-state index in [1.165, 1.54) is 40.7 Å². The minimum atomic E-state index is -0.605. The monoisotopic (exact) mass is 488 g/mol.